The van der Waals surface area contributed by atoms with Gasteiger partial charge in [0.05, 0.1) is 6.10 Å². The third kappa shape index (κ3) is 2.93. The molecule has 1 atom stereocenters. The summed E-state index contributed by atoms with van der Waals surface area (Å²) in [6.45, 7) is 0. The summed E-state index contributed by atoms with van der Waals surface area (Å²) in [4.78, 5) is 11.1. The van der Waals surface area contributed by atoms with Crippen molar-refractivity contribution < 1.29 is 9.90 Å². The molecule has 0 spiro atoms. The summed E-state index contributed by atoms with van der Waals surface area (Å²) in [6, 6.07) is 18.6. The lowest BCUT2D eigenvalue weighted by Crippen LogP contribution is -1.95. The van der Waals surface area contributed by atoms with Crippen molar-refractivity contribution in [2.75, 3.05) is 0 Å². The Morgan fingerprint density at radius 1 is 0.944 bits per heavy atom. The standard InChI is InChI=1S/C16H14O2/c17-12-15(13-7-3-1-4-8-13)11-16(18)14-9-5-2-6-10-14/h1-12,16,18H/b15-11-. The van der Waals surface area contributed by atoms with Crippen LogP contribution in [0.15, 0.2) is 66.7 Å². The maximum Gasteiger partial charge on any atom is 0.150 e. The van der Waals surface area contributed by atoms with Gasteiger partial charge in [-0.3, -0.25) is 4.79 Å². The van der Waals surface area contributed by atoms with Gasteiger partial charge < -0.3 is 5.11 Å². The smallest absolute Gasteiger partial charge is 0.150 e. The number of aliphatic hydroxyl groups is 1. The molecule has 0 saturated carbocycles. The Morgan fingerprint density at radius 2 is 1.50 bits per heavy atom. The van der Waals surface area contributed by atoms with Crippen molar-refractivity contribution in [2.24, 2.45) is 0 Å². The van der Waals surface area contributed by atoms with Gasteiger partial charge in [-0.1, -0.05) is 60.7 Å². The van der Waals surface area contributed by atoms with E-state index >= 15 is 0 Å². The summed E-state index contributed by atoms with van der Waals surface area (Å²) in [5.41, 5.74) is 2.07. The third-order valence-corrected chi connectivity index (χ3v) is 2.71. The number of carbonyl (C=O) groups excluding carboxylic acids is 1. The van der Waals surface area contributed by atoms with E-state index in [-0.39, 0.29) is 0 Å². The first-order valence-electron chi connectivity index (χ1n) is 5.76. The average Bonchev–Trinajstić information content (AvgIpc) is 2.46. The topological polar surface area (TPSA) is 37.3 Å². The van der Waals surface area contributed by atoms with Crippen LogP contribution in [0.25, 0.3) is 5.57 Å². The average molecular weight is 238 g/mol. The highest BCUT2D eigenvalue weighted by Gasteiger charge is 2.06. The second-order valence-corrected chi connectivity index (χ2v) is 3.96. The molecule has 2 heteroatoms. The lowest BCUT2D eigenvalue weighted by atomic mass is 10.0. The second-order valence-electron chi connectivity index (χ2n) is 3.96. The Bertz CT molecular complexity index is 530. The van der Waals surface area contributed by atoms with Crippen LogP contribution >= 0.6 is 0 Å². The van der Waals surface area contributed by atoms with Crippen LogP contribution in [-0.2, 0) is 4.79 Å². The van der Waals surface area contributed by atoms with Crippen LogP contribution in [0, 0.1) is 0 Å². The van der Waals surface area contributed by atoms with Gasteiger partial charge in [0, 0.05) is 5.57 Å². The Morgan fingerprint density at radius 3 is 2.06 bits per heavy atom. The maximum absolute atomic E-state index is 11.1. The highest BCUT2D eigenvalue weighted by Crippen LogP contribution is 2.19. The molecule has 0 aliphatic heterocycles. The molecule has 0 amide bonds. The van der Waals surface area contributed by atoms with Crippen molar-refractivity contribution in [3.05, 3.63) is 77.9 Å². The van der Waals surface area contributed by atoms with E-state index in [1.54, 1.807) is 6.08 Å². The Labute approximate surface area is 106 Å². The second kappa shape index (κ2) is 5.94. The molecule has 0 fully saturated rings. The quantitative estimate of drug-likeness (QED) is 0.656. The minimum Gasteiger partial charge on any atom is -0.384 e. The van der Waals surface area contributed by atoms with E-state index in [0.717, 1.165) is 17.4 Å². The van der Waals surface area contributed by atoms with E-state index in [0.29, 0.717) is 5.57 Å². The SMILES string of the molecule is O=C/C(=C/C(O)c1ccccc1)c1ccccc1. The number of aldehydes is 1. The zero-order valence-corrected chi connectivity index (χ0v) is 9.86. The fourth-order valence-electron chi connectivity index (χ4n) is 1.75. The van der Waals surface area contributed by atoms with Crippen molar-refractivity contribution in [1.29, 1.82) is 0 Å². The fourth-order valence-corrected chi connectivity index (χ4v) is 1.75. The molecule has 18 heavy (non-hydrogen) atoms. The van der Waals surface area contributed by atoms with Crippen molar-refractivity contribution in [3.8, 4) is 0 Å². The number of benzene rings is 2. The van der Waals surface area contributed by atoms with E-state index in [1.165, 1.54) is 0 Å². The van der Waals surface area contributed by atoms with Crippen LogP contribution in [-0.4, -0.2) is 11.4 Å². The number of hydrogen-bond acceptors (Lipinski definition) is 2. The predicted octanol–water partition coefficient (Wildman–Crippen LogP) is 3.00. The first-order chi connectivity index (χ1) is 8.81. The molecule has 0 saturated heterocycles. The van der Waals surface area contributed by atoms with E-state index < -0.39 is 6.10 Å². The van der Waals surface area contributed by atoms with Gasteiger partial charge in [0.2, 0.25) is 0 Å². The van der Waals surface area contributed by atoms with Gasteiger partial charge in [-0.25, -0.2) is 0 Å². The van der Waals surface area contributed by atoms with Gasteiger partial charge in [-0.05, 0) is 17.2 Å². The monoisotopic (exact) mass is 238 g/mol. The van der Waals surface area contributed by atoms with Crippen LogP contribution < -0.4 is 0 Å². The minimum atomic E-state index is -0.772. The Kier molecular flexibility index (Phi) is 4.05. The van der Waals surface area contributed by atoms with Gasteiger partial charge in [0.1, 0.15) is 6.29 Å². The summed E-state index contributed by atoms with van der Waals surface area (Å²) in [6.07, 6.45) is 1.56. The summed E-state index contributed by atoms with van der Waals surface area (Å²) in [5, 5.41) is 10.0. The normalized spacial score (nSPS) is 13.1. The molecule has 0 heterocycles. The minimum absolute atomic E-state index is 0.493. The van der Waals surface area contributed by atoms with Gasteiger partial charge >= 0.3 is 0 Å². The van der Waals surface area contributed by atoms with Crippen molar-refractivity contribution >= 4 is 11.9 Å². The first kappa shape index (κ1) is 12.3. The first-order valence-corrected chi connectivity index (χ1v) is 5.76. The lowest BCUT2D eigenvalue weighted by molar-refractivity contribution is -0.103. The van der Waals surface area contributed by atoms with Crippen LogP contribution in [0.3, 0.4) is 0 Å². The Balaban J connectivity index is 2.28. The zero-order valence-electron chi connectivity index (χ0n) is 9.86. The third-order valence-electron chi connectivity index (χ3n) is 2.71. The molecule has 2 nitrogen and oxygen atoms in total. The van der Waals surface area contributed by atoms with Crippen LogP contribution in [0.4, 0.5) is 0 Å². The number of allylic oxidation sites excluding steroid dienone is 1. The van der Waals surface area contributed by atoms with Crippen LogP contribution in [0.1, 0.15) is 17.2 Å². The summed E-state index contributed by atoms with van der Waals surface area (Å²) in [5.74, 6) is 0. The van der Waals surface area contributed by atoms with E-state index in [4.69, 9.17) is 0 Å². The number of rotatable bonds is 4. The van der Waals surface area contributed by atoms with Gasteiger partial charge in [0.15, 0.2) is 0 Å². The van der Waals surface area contributed by atoms with E-state index in [9.17, 15) is 9.90 Å². The van der Waals surface area contributed by atoms with Crippen LogP contribution in [0.2, 0.25) is 0 Å². The molecular weight excluding hydrogens is 224 g/mol. The van der Waals surface area contributed by atoms with Gasteiger partial charge in [0.25, 0.3) is 0 Å². The van der Waals surface area contributed by atoms with E-state index in [2.05, 4.69) is 0 Å². The molecule has 2 aromatic rings. The Hall–Kier alpha value is -2.19. The van der Waals surface area contributed by atoms with Crippen molar-refractivity contribution in [2.45, 2.75) is 6.10 Å². The fraction of sp³-hybridized carbons (Fsp3) is 0.0625. The largest absolute Gasteiger partial charge is 0.384 e. The van der Waals surface area contributed by atoms with Crippen molar-refractivity contribution in [1.82, 2.24) is 0 Å². The summed E-state index contributed by atoms with van der Waals surface area (Å²) in [7, 11) is 0. The number of hydrogen-bond donors (Lipinski definition) is 1. The molecular formula is C16H14O2. The molecule has 0 radical (unpaired) electrons. The van der Waals surface area contributed by atoms with Gasteiger partial charge in [-0.15, -0.1) is 0 Å². The van der Waals surface area contributed by atoms with Crippen molar-refractivity contribution in [3.63, 3.8) is 0 Å². The molecule has 1 N–H and O–H groups in total. The summed E-state index contributed by atoms with van der Waals surface area (Å²) < 4.78 is 0. The zero-order chi connectivity index (χ0) is 12.8. The highest BCUT2D eigenvalue weighted by molar-refractivity contribution is 6.06. The molecule has 1 unspecified atom stereocenters. The molecule has 2 rings (SSSR count). The van der Waals surface area contributed by atoms with Gasteiger partial charge in [-0.2, -0.15) is 0 Å². The molecule has 0 aliphatic rings. The lowest BCUT2D eigenvalue weighted by Gasteiger charge is -2.07. The number of aliphatic hydroxyl groups excluding tert-OH is 1. The predicted molar refractivity (Wildman–Crippen MR) is 71.9 cm³/mol. The summed E-state index contributed by atoms with van der Waals surface area (Å²) >= 11 is 0. The van der Waals surface area contributed by atoms with E-state index in [1.807, 2.05) is 60.7 Å². The molecule has 0 bridgehead atoms. The molecule has 0 aliphatic carbocycles. The highest BCUT2D eigenvalue weighted by atomic mass is 16.3. The van der Waals surface area contributed by atoms with Crippen LogP contribution in [0.5, 0.6) is 0 Å². The molecule has 90 valence electrons. The number of carbonyl (C=O) groups is 1. The molecule has 0 aromatic heterocycles. The maximum atomic E-state index is 11.1. The molecule has 2 aromatic carbocycles.